The van der Waals surface area contributed by atoms with Crippen LogP contribution in [0.4, 0.5) is 0 Å². The standard InChI is InChI=1S/C24H23NO4/c26-22-21-20(23(27)28-15-18-9-5-2-6-10-18)19-11-13-24(21,29-19)16-25(22)14-12-17-7-3-1-4-8-17/h1-11,13,19-21H,12,14-16H2/t19-,20-,21-,24+/m1/s1. The Morgan fingerprint density at radius 3 is 2.48 bits per heavy atom. The van der Waals surface area contributed by atoms with E-state index in [9.17, 15) is 9.59 Å². The van der Waals surface area contributed by atoms with Gasteiger partial charge in [0.1, 0.15) is 18.1 Å². The van der Waals surface area contributed by atoms with Crippen molar-refractivity contribution < 1.29 is 19.1 Å². The van der Waals surface area contributed by atoms with Gasteiger partial charge in [-0.1, -0.05) is 72.8 Å². The van der Waals surface area contributed by atoms with E-state index in [1.54, 1.807) is 0 Å². The fraction of sp³-hybridized carbons (Fsp3) is 0.333. The molecule has 5 heteroatoms. The van der Waals surface area contributed by atoms with Gasteiger partial charge in [-0.05, 0) is 17.5 Å². The Morgan fingerprint density at radius 2 is 1.76 bits per heavy atom. The number of nitrogens with zero attached hydrogens (tertiary/aromatic N) is 1. The number of carbonyl (C=O) groups is 2. The first-order valence-corrected chi connectivity index (χ1v) is 10.1. The van der Waals surface area contributed by atoms with Crippen LogP contribution in [0.15, 0.2) is 72.8 Å². The molecule has 0 aromatic heterocycles. The second-order valence-electron chi connectivity index (χ2n) is 7.99. The summed E-state index contributed by atoms with van der Waals surface area (Å²) in [6.45, 7) is 1.33. The minimum absolute atomic E-state index is 0.00515. The van der Waals surface area contributed by atoms with E-state index < -0.39 is 17.4 Å². The average Bonchev–Trinajstić information content (AvgIpc) is 3.40. The zero-order chi connectivity index (χ0) is 19.8. The lowest BCUT2D eigenvalue weighted by Gasteiger charge is -2.22. The van der Waals surface area contributed by atoms with Crippen LogP contribution >= 0.6 is 0 Å². The van der Waals surface area contributed by atoms with Crippen LogP contribution in [0.2, 0.25) is 0 Å². The molecule has 1 spiro atoms. The number of benzene rings is 2. The molecule has 0 saturated carbocycles. The fourth-order valence-electron chi connectivity index (χ4n) is 4.77. The highest BCUT2D eigenvalue weighted by Crippen LogP contribution is 2.52. The largest absolute Gasteiger partial charge is 0.460 e. The highest BCUT2D eigenvalue weighted by Gasteiger charge is 2.67. The van der Waals surface area contributed by atoms with Crippen molar-refractivity contribution in [2.45, 2.75) is 24.7 Å². The van der Waals surface area contributed by atoms with Crippen LogP contribution in [0.1, 0.15) is 11.1 Å². The van der Waals surface area contributed by atoms with Gasteiger partial charge in [0.2, 0.25) is 5.91 Å². The molecule has 5 nitrogen and oxygen atoms in total. The smallest absolute Gasteiger partial charge is 0.313 e. The molecule has 0 unspecified atom stereocenters. The third-order valence-electron chi connectivity index (χ3n) is 6.19. The predicted molar refractivity (Wildman–Crippen MR) is 107 cm³/mol. The lowest BCUT2D eigenvalue weighted by molar-refractivity contribution is -0.155. The minimum Gasteiger partial charge on any atom is -0.460 e. The van der Waals surface area contributed by atoms with Crippen LogP contribution in [-0.4, -0.2) is 41.6 Å². The van der Waals surface area contributed by atoms with Crippen LogP contribution in [-0.2, 0) is 32.1 Å². The summed E-state index contributed by atoms with van der Waals surface area (Å²) >= 11 is 0. The van der Waals surface area contributed by atoms with Gasteiger partial charge < -0.3 is 14.4 Å². The molecule has 2 aromatic rings. The minimum atomic E-state index is -0.686. The van der Waals surface area contributed by atoms with Crippen LogP contribution in [0.25, 0.3) is 0 Å². The first-order chi connectivity index (χ1) is 14.2. The Morgan fingerprint density at radius 1 is 1.07 bits per heavy atom. The maximum atomic E-state index is 13.2. The molecule has 2 saturated heterocycles. The van der Waals surface area contributed by atoms with E-state index in [1.807, 2.05) is 65.6 Å². The third-order valence-corrected chi connectivity index (χ3v) is 6.19. The van der Waals surface area contributed by atoms with Gasteiger partial charge >= 0.3 is 5.97 Å². The van der Waals surface area contributed by atoms with Crippen LogP contribution in [0, 0.1) is 11.8 Å². The van der Waals surface area contributed by atoms with E-state index in [-0.39, 0.29) is 24.6 Å². The molecule has 3 heterocycles. The quantitative estimate of drug-likeness (QED) is 0.563. The maximum Gasteiger partial charge on any atom is 0.313 e. The normalized spacial score (nSPS) is 29.3. The second-order valence-corrected chi connectivity index (χ2v) is 7.99. The summed E-state index contributed by atoms with van der Waals surface area (Å²) in [4.78, 5) is 27.9. The van der Waals surface area contributed by atoms with Gasteiger partial charge in [-0.15, -0.1) is 0 Å². The summed E-state index contributed by atoms with van der Waals surface area (Å²) in [5.41, 5.74) is 1.43. The van der Waals surface area contributed by atoms with Crippen LogP contribution in [0.3, 0.4) is 0 Å². The molecule has 2 aromatic carbocycles. The topological polar surface area (TPSA) is 55.8 Å². The number of hydrogen-bond donors (Lipinski definition) is 0. The van der Waals surface area contributed by atoms with Crippen LogP contribution < -0.4 is 0 Å². The first kappa shape index (κ1) is 18.1. The summed E-state index contributed by atoms with van der Waals surface area (Å²) in [5.74, 6) is -1.42. The molecule has 3 aliphatic heterocycles. The summed E-state index contributed by atoms with van der Waals surface area (Å²) in [5, 5.41) is 0. The number of esters is 1. The van der Waals surface area contributed by atoms with Crippen molar-refractivity contribution in [3.05, 3.63) is 83.9 Å². The number of fused-ring (bicyclic) bond motifs is 1. The zero-order valence-electron chi connectivity index (χ0n) is 16.1. The number of carbonyl (C=O) groups excluding carboxylic acids is 2. The van der Waals surface area contributed by atoms with E-state index >= 15 is 0 Å². The Balaban J connectivity index is 1.28. The monoisotopic (exact) mass is 389 g/mol. The van der Waals surface area contributed by atoms with E-state index in [0.29, 0.717) is 13.1 Å². The summed E-state index contributed by atoms with van der Waals surface area (Å²) < 4.78 is 11.7. The predicted octanol–water partition coefficient (Wildman–Crippen LogP) is 2.75. The Labute approximate surface area is 169 Å². The van der Waals surface area contributed by atoms with Crippen molar-refractivity contribution in [1.82, 2.24) is 4.90 Å². The lowest BCUT2D eigenvalue weighted by Crippen LogP contribution is -2.40. The molecule has 148 valence electrons. The average molecular weight is 389 g/mol. The van der Waals surface area contributed by atoms with E-state index in [2.05, 4.69) is 12.1 Å². The third kappa shape index (κ3) is 3.15. The number of likely N-dealkylation sites (tertiary alicyclic amines) is 1. The Bertz CT molecular complexity index is 942. The van der Waals surface area contributed by atoms with Gasteiger partial charge in [0.05, 0.1) is 18.6 Å². The molecule has 0 N–H and O–H groups in total. The van der Waals surface area contributed by atoms with Crippen molar-refractivity contribution in [3.63, 3.8) is 0 Å². The highest BCUT2D eigenvalue weighted by molar-refractivity contribution is 5.91. The van der Waals surface area contributed by atoms with Gasteiger partial charge in [0.25, 0.3) is 0 Å². The molecule has 0 aliphatic carbocycles. The molecule has 3 aliphatic rings. The van der Waals surface area contributed by atoms with E-state index in [0.717, 1.165) is 12.0 Å². The molecule has 0 radical (unpaired) electrons. The number of hydrogen-bond acceptors (Lipinski definition) is 4. The second kappa shape index (κ2) is 7.16. The Hall–Kier alpha value is -2.92. The molecule has 1 amide bonds. The maximum absolute atomic E-state index is 13.2. The van der Waals surface area contributed by atoms with Crippen molar-refractivity contribution in [2.75, 3.05) is 13.1 Å². The van der Waals surface area contributed by atoms with Gasteiger partial charge in [-0.25, -0.2) is 0 Å². The van der Waals surface area contributed by atoms with Crippen molar-refractivity contribution in [1.29, 1.82) is 0 Å². The molecule has 29 heavy (non-hydrogen) atoms. The molecular formula is C24H23NO4. The highest BCUT2D eigenvalue weighted by atomic mass is 16.6. The number of ether oxygens (including phenoxy) is 2. The van der Waals surface area contributed by atoms with Gasteiger partial charge in [0, 0.05) is 6.54 Å². The lowest BCUT2D eigenvalue weighted by atomic mass is 9.77. The van der Waals surface area contributed by atoms with E-state index in [1.165, 1.54) is 5.56 Å². The zero-order valence-corrected chi connectivity index (χ0v) is 16.1. The van der Waals surface area contributed by atoms with Crippen molar-refractivity contribution >= 4 is 11.9 Å². The van der Waals surface area contributed by atoms with Crippen molar-refractivity contribution in [2.24, 2.45) is 11.8 Å². The number of rotatable bonds is 6. The summed E-state index contributed by atoms with van der Waals surface area (Å²) in [6, 6.07) is 19.7. The van der Waals surface area contributed by atoms with Gasteiger partial charge in [0.15, 0.2) is 0 Å². The van der Waals surface area contributed by atoms with Crippen LogP contribution in [0.5, 0.6) is 0 Å². The van der Waals surface area contributed by atoms with E-state index in [4.69, 9.17) is 9.47 Å². The van der Waals surface area contributed by atoms with Crippen molar-refractivity contribution in [3.8, 4) is 0 Å². The molecule has 2 bridgehead atoms. The molecule has 4 atom stereocenters. The molecule has 5 rings (SSSR count). The van der Waals surface area contributed by atoms with Gasteiger partial charge in [-0.2, -0.15) is 0 Å². The number of amides is 1. The summed E-state index contributed by atoms with van der Waals surface area (Å²) in [6.07, 6.45) is 4.30. The Kier molecular flexibility index (Phi) is 4.47. The first-order valence-electron chi connectivity index (χ1n) is 10.1. The SMILES string of the molecule is O=C(OCc1ccccc1)[C@@H]1[C@H]2C=C[C@@]3(CN(CCc4ccccc4)C(=O)[C@@H]13)O2. The molecular weight excluding hydrogens is 366 g/mol. The van der Waals surface area contributed by atoms with Gasteiger partial charge in [-0.3, -0.25) is 9.59 Å². The fourth-order valence-corrected chi connectivity index (χ4v) is 4.77. The summed E-state index contributed by atoms with van der Waals surface area (Å²) in [7, 11) is 0. The molecule has 2 fully saturated rings.